The highest BCUT2D eigenvalue weighted by molar-refractivity contribution is 7.92. The molecule has 2 saturated heterocycles. The number of nitrogens with one attached hydrogen (secondary N) is 3. The van der Waals surface area contributed by atoms with Crippen molar-refractivity contribution >= 4 is 32.5 Å². The summed E-state index contributed by atoms with van der Waals surface area (Å²) in [4.78, 5) is 20.0. The number of halogens is 3. The van der Waals surface area contributed by atoms with Crippen molar-refractivity contribution in [2.45, 2.75) is 38.4 Å². The number of anilines is 1. The van der Waals surface area contributed by atoms with Crippen molar-refractivity contribution in [3.05, 3.63) is 82.9 Å². The highest BCUT2D eigenvalue weighted by atomic mass is 32.2. The van der Waals surface area contributed by atoms with E-state index < -0.39 is 21.8 Å². The summed E-state index contributed by atoms with van der Waals surface area (Å²) in [5.74, 6) is 0.878. The number of likely N-dealkylation sites (tertiary alicyclic amines) is 1. The summed E-state index contributed by atoms with van der Waals surface area (Å²) < 4.78 is 64.9. The van der Waals surface area contributed by atoms with Crippen LogP contribution in [-0.2, 0) is 29.2 Å². The minimum atomic E-state index is -4.40. The van der Waals surface area contributed by atoms with E-state index in [1.807, 2.05) is 24.4 Å². The number of nitrogens with zero attached hydrogens (tertiary/aromatic N) is 2. The Labute approximate surface area is 249 Å². The second kappa shape index (κ2) is 13.0. The van der Waals surface area contributed by atoms with Gasteiger partial charge in [0, 0.05) is 48.7 Å². The minimum Gasteiger partial charge on any atom is -0.365 e. The van der Waals surface area contributed by atoms with Gasteiger partial charge in [0.1, 0.15) is 5.82 Å². The van der Waals surface area contributed by atoms with E-state index in [-0.39, 0.29) is 24.9 Å². The lowest BCUT2D eigenvalue weighted by Crippen LogP contribution is -2.32. The maximum absolute atomic E-state index is 13.5. The van der Waals surface area contributed by atoms with E-state index in [9.17, 15) is 26.4 Å². The first-order chi connectivity index (χ1) is 20.5. The molecule has 0 spiro atoms. The molecule has 3 aromatic rings. The van der Waals surface area contributed by atoms with Crippen LogP contribution in [-0.4, -0.2) is 56.9 Å². The fourth-order valence-electron chi connectivity index (χ4n) is 5.80. The smallest absolute Gasteiger partial charge is 0.365 e. The summed E-state index contributed by atoms with van der Waals surface area (Å²) in [5, 5.41) is 9.34. The molecule has 0 aliphatic carbocycles. The summed E-state index contributed by atoms with van der Waals surface area (Å²) in [6, 6.07) is 10.6. The number of alkyl halides is 3. The van der Waals surface area contributed by atoms with E-state index in [0.717, 1.165) is 66.2 Å². The van der Waals surface area contributed by atoms with Gasteiger partial charge >= 0.3 is 6.18 Å². The molecule has 0 bridgehead atoms. The maximum atomic E-state index is 13.5. The van der Waals surface area contributed by atoms with Gasteiger partial charge in [0.2, 0.25) is 10.0 Å². The van der Waals surface area contributed by atoms with Crippen molar-refractivity contribution in [2.24, 2.45) is 11.8 Å². The molecule has 2 aliphatic heterocycles. The van der Waals surface area contributed by atoms with Crippen molar-refractivity contribution in [3.8, 4) is 0 Å². The molecule has 2 aliphatic rings. The van der Waals surface area contributed by atoms with Crippen LogP contribution in [0.1, 0.15) is 46.3 Å². The van der Waals surface area contributed by atoms with Crippen LogP contribution in [0.4, 0.5) is 19.0 Å². The highest BCUT2D eigenvalue weighted by Gasteiger charge is 2.30. The van der Waals surface area contributed by atoms with Crippen molar-refractivity contribution in [1.29, 1.82) is 0 Å². The number of sulfonamides is 1. The molecular weight excluding hydrogens is 579 g/mol. The van der Waals surface area contributed by atoms with Crippen LogP contribution in [0.3, 0.4) is 0 Å². The third-order valence-electron chi connectivity index (χ3n) is 8.23. The van der Waals surface area contributed by atoms with Gasteiger partial charge in [-0.05, 0) is 91.4 Å². The Kier molecular flexibility index (Phi) is 9.38. The number of pyridine rings is 1. The summed E-state index contributed by atoms with van der Waals surface area (Å²) in [5.41, 5.74) is 1.55. The van der Waals surface area contributed by atoms with E-state index in [1.165, 1.54) is 12.1 Å². The Morgan fingerprint density at radius 3 is 2.60 bits per heavy atom. The zero-order valence-electron chi connectivity index (χ0n) is 23.8. The molecule has 12 heteroatoms. The molecule has 2 unspecified atom stereocenters. The third kappa shape index (κ3) is 7.73. The molecule has 1 aromatic heterocycles. The highest BCUT2D eigenvalue weighted by Crippen LogP contribution is 2.31. The first-order valence-electron chi connectivity index (χ1n) is 14.5. The van der Waals surface area contributed by atoms with E-state index in [0.29, 0.717) is 42.4 Å². The fraction of sp³-hybridized carbons (Fsp3) is 0.419. The SMILES string of the molecule is C=CS(=O)(=O)NCC1CCN(C(=O)c2ccc3c(CC4CCCNC4)cnc(NCc4ccc(C(F)(F)F)cc4)c3c2)C1. The number of benzene rings is 2. The van der Waals surface area contributed by atoms with Gasteiger partial charge in [0.05, 0.1) is 5.56 Å². The van der Waals surface area contributed by atoms with Gasteiger partial charge in [0.25, 0.3) is 5.91 Å². The molecule has 43 heavy (non-hydrogen) atoms. The predicted molar refractivity (Wildman–Crippen MR) is 161 cm³/mol. The number of piperidine rings is 1. The van der Waals surface area contributed by atoms with E-state index in [2.05, 4.69) is 21.9 Å². The molecule has 0 radical (unpaired) electrons. The van der Waals surface area contributed by atoms with Crippen LogP contribution in [0, 0.1) is 11.8 Å². The summed E-state index contributed by atoms with van der Waals surface area (Å²) in [6.07, 6.45) is 1.22. The average Bonchev–Trinajstić information content (AvgIpc) is 3.49. The van der Waals surface area contributed by atoms with E-state index in [4.69, 9.17) is 4.98 Å². The lowest BCUT2D eigenvalue weighted by molar-refractivity contribution is -0.137. The largest absolute Gasteiger partial charge is 0.416 e. The van der Waals surface area contributed by atoms with Crippen molar-refractivity contribution in [2.75, 3.05) is 38.0 Å². The molecule has 5 rings (SSSR count). The predicted octanol–water partition coefficient (Wildman–Crippen LogP) is 4.93. The Morgan fingerprint density at radius 1 is 1.12 bits per heavy atom. The van der Waals surface area contributed by atoms with Gasteiger partial charge < -0.3 is 15.5 Å². The molecule has 1 amide bonds. The molecule has 3 heterocycles. The van der Waals surface area contributed by atoms with Gasteiger partial charge in [-0.2, -0.15) is 13.2 Å². The number of rotatable bonds is 10. The minimum absolute atomic E-state index is 0.00235. The fourth-order valence-corrected chi connectivity index (χ4v) is 6.39. The maximum Gasteiger partial charge on any atom is 0.416 e. The Hall–Kier alpha value is -3.48. The summed E-state index contributed by atoms with van der Waals surface area (Å²) in [6.45, 7) is 6.71. The first kappa shape index (κ1) is 31.0. The molecule has 8 nitrogen and oxygen atoms in total. The molecule has 3 N–H and O–H groups in total. The van der Waals surface area contributed by atoms with Crippen LogP contribution in [0.25, 0.3) is 10.8 Å². The number of amides is 1. The first-order valence-corrected chi connectivity index (χ1v) is 16.0. The Bertz CT molecular complexity index is 1570. The van der Waals surface area contributed by atoms with Gasteiger partial charge in [0.15, 0.2) is 0 Å². The van der Waals surface area contributed by atoms with Crippen molar-refractivity contribution in [1.82, 2.24) is 19.9 Å². The van der Waals surface area contributed by atoms with Crippen LogP contribution in [0.15, 0.2) is 60.6 Å². The molecule has 2 fully saturated rings. The normalized spacial score (nSPS) is 19.5. The van der Waals surface area contributed by atoms with Crippen LogP contribution in [0.2, 0.25) is 0 Å². The molecule has 230 valence electrons. The van der Waals surface area contributed by atoms with E-state index in [1.54, 1.807) is 4.90 Å². The quantitative estimate of drug-likeness (QED) is 0.299. The monoisotopic (exact) mass is 615 g/mol. The average molecular weight is 616 g/mol. The number of hydrogen-bond donors (Lipinski definition) is 3. The van der Waals surface area contributed by atoms with E-state index >= 15 is 0 Å². The van der Waals surface area contributed by atoms with Crippen LogP contribution < -0.4 is 15.4 Å². The lowest BCUT2D eigenvalue weighted by atomic mass is 9.90. The summed E-state index contributed by atoms with van der Waals surface area (Å²) in [7, 11) is -3.53. The van der Waals surface area contributed by atoms with Gasteiger partial charge in [-0.15, -0.1) is 0 Å². The number of hydrogen-bond acceptors (Lipinski definition) is 6. The number of fused-ring (bicyclic) bond motifs is 1. The molecule has 2 atom stereocenters. The Balaban J connectivity index is 1.37. The zero-order valence-corrected chi connectivity index (χ0v) is 24.6. The van der Waals surface area contributed by atoms with Crippen LogP contribution >= 0.6 is 0 Å². The van der Waals surface area contributed by atoms with Crippen molar-refractivity contribution in [3.63, 3.8) is 0 Å². The zero-order chi connectivity index (χ0) is 30.6. The number of aromatic nitrogens is 1. The second-order valence-electron chi connectivity index (χ2n) is 11.3. The van der Waals surface area contributed by atoms with Crippen molar-refractivity contribution < 1.29 is 26.4 Å². The third-order valence-corrected chi connectivity index (χ3v) is 9.24. The van der Waals surface area contributed by atoms with Gasteiger partial charge in [-0.3, -0.25) is 4.79 Å². The van der Waals surface area contributed by atoms with Gasteiger partial charge in [-0.1, -0.05) is 24.8 Å². The molecule has 2 aromatic carbocycles. The molecular formula is C31H36F3N5O3S. The van der Waals surface area contributed by atoms with Gasteiger partial charge in [-0.25, -0.2) is 18.1 Å². The molecule has 0 saturated carbocycles. The Morgan fingerprint density at radius 2 is 1.91 bits per heavy atom. The topological polar surface area (TPSA) is 103 Å². The summed E-state index contributed by atoms with van der Waals surface area (Å²) >= 11 is 0. The standard InChI is InChI=1S/C31H36F3N5O3S/c1-2-43(41,42)38-18-23-11-13-39(20-23)30(40)24-7-10-27-25(14-22-4-3-12-35-16-22)19-37-29(28(27)15-24)36-17-21-5-8-26(9-6-21)31(32,33)34/h2,5-10,15,19,22-23,35,38H,1,3-4,11-14,16-18,20H2,(H,36,37). The van der Waals surface area contributed by atoms with Crippen LogP contribution in [0.5, 0.6) is 0 Å². The second-order valence-corrected chi connectivity index (χ2v) is 13.0. The number of carbonyl (C=O) groups excluding carboxylic acids is 1. The number of carbonyl (C=O) groups is 1. The lowest BCUT2D eigenvalue weighted by Gasteiger charge is -2.23.